The molecule has 0 bridgehead atoms. The Kier molecular flexibility index (Phi) is 5.89. The minimum atomic E-state index is -4.42. The highest BCUT2D eigenvalue weighted by atomic mass is 35.5. The number of benzene rings is 2. The van der Waals surface area contributed by atoms with Gasteiger partial charge in [0.05, 0.1) is 11.1 Å². The summed E-state index contributed by atoms with van der Waals surface area (Å²) in [5.41, 5.74) is 0.878. The van der Waals surface area contributed by atoms with E-state index in [0.717, 1.165) is 10.9 Å². The Balaban J connectivity index is 1.59. The van der Waals surface area contributed by atoms with Gasteiger partial charge in [0.15, 0.2) is 5.82 Å². The number of hydrogen-bond donors (Lipinski definition) is 2. The van der Waals surface area contributed by atoms with Crippen molar-refractivity contribution in [1.29, 1.82) is 0 Å². The number of nitrogens with zero attached hydrogens (tertiary/aromatic N) is 3. The quantitative estimate of drug-likeness (QED) is 0.377. The van der Waals surface area contributed by atoms with Crippen LogP contribution in [0.4, 0.5) is 8.78 Å². The smallest absolute Gasteiger partial charge is 0.322 e. The van der Waals surface area contributed by atoms with Gasteiger partial charge in [-0.2, -0.15) is 0 Å². The van der Waals surface area contributed by atoms with Crippen molar-refractivity contribution in [2.45, 2.75) is 31.3 Å². The van der Waals surface area contributed by atoms with Crippen LogP contribution in [-0.4, -0.2) is 28.2 Å². The summed E-state index contributed by atoms with van der Waals surface area (Å²) in [6.45, 7) is 3.69. The van der Waals surface area contributed by atoms with Gasteiger partial charge in [0.2, 0.25) is 10.0 Å². The van der Waals surface area contributed by atoms with Gasteiger partial charge in [0.25, 0.3) is 0 Å². The van der Waals surface area contributed by atoms with Crippen LogP contribution in [-0.2, 0) is 16.6 Å². The fourth-order valence-electron chi connectivity index (χ4n) is 3.25. The summed E-state index contributed by atoms with van der Waals surface area (Å²) < 4.78 is 62.8. The lowest BCUT2D eigenvalue weighted by molar-refractivity contribution is 0.408. The Labute approximate surface area is 187 Å². The average molecular weight is 482 g/mol. The van der Waals surface area contributed by atoms with Gasteiger partial charge < -0.3 is 9.72 Å². The Morgan fingerprint density at radius 2 is 1.97 bits per heavy atom. The molecule has 2 aromatic carbocycles. The third-order valence-electron chi connectivity index (χ3n) is 4.78. The maximum Gasteiger partial charge on any atom is 0.322 e. The van der Waals surface area contributed by atoms with E-state index < -0.39 is 37.6 Å². The molecule has 2 heterocycles. The predicted molar refractivity (Wildman–Crippen MR) is 114 cm³/mol. The maximum absolute atomic E-state index is 14.1. The normalized spacial score (nSPS) is 12.9. The standard InChI is InChI=1S/C20H18ClF2N5O3S/c1-3-28-19(11(2)27-32(29,30)18-10-15(22)14(21)9-16(18)23)25-26-20(28)31-13-5-4-12-6-7-24-17(12)8-13/h4-11,24,27H,3H2,1-2H3/t11-/m1/s1. The molecule has 0 amide bonds. The third-order valence-corrected chi connectivity index (χ3v) is 6.63. The van der Waals surface area contributed by atoms with Crippen LogP contribution in [0, 0.1) is 11.6 Å². The molecule has 0 unspecified atom stereocenters. The van der Waals surface area contributed by atoms with Crippen molar-refractivity contribution < 1.29 is 21.9 Å². The summed E-state index contributed by atoms with van der Waals surface area (Å²) in [5, 5.41) is 8.55. The largest absolute Gasteiger partial charge is 0.424 e. The monoisotopic (exact) mass is 481 g/mol. The molecule has 0 saturated heterocycles. The maximum atomic E-state index is 14.1. The molecular formula is C20H18ClF2N5O3S. The Hall–Kier alpha value is -3.02. The van der Waals surface area contributed by atoms with Crippen molar-refractivity contribution in [3.8, 4) is 11.8 Å². The van der Waals surface area contributed by atoms with Gasteiger partial charge in [-0.3, -0.25) is 4.57 Å². The number of fused-ring (bicyclic) bond motifs is 1. The molecule has 0 aliphatic heterocycles. The van der Waals surface area contributed by atoms with E-state index in [1.165, 1.54) is 6.92 Å². The Morgan fingerprint density at radius 1 is 1.19 bits per heavy atom. The molecule has 2 N–H and O–H groups in total. The van der Waals surface area contributed by atoms with E-state index >= 15 is 0 Å². The number of rotatable bonds is 7. The van der Waals surface area contributed by atoms with Crippen LogP contribution in [0.5, 0.6) is 11.8 Å². The zero-order chi connectivity index (χ0) is 23.0. The van der Waals surface area contributed by atoms with E-state index in [2.05, 4.69) is 19.9 Å². The first-order valence-corrected chi connectivity index (χ1v) is 11.4. The average Bonchev–Trinajstić information content (AvgIpc) is 3.36. The van der Waals surface area contributed by atoms with Crippen molar-refractivity contribution in [2.75, 3.05) is 0 Å². The van der Waals surface area contributed by atoms with Crippen molar-refractivity contribution in [3.63, 3.8) is 0 Å². The molecule has 2 aromatic heterocycles. The van der Waals surface area contributed by atoms with Gasteiger partial charge in [-0.1, -0.05) is 16.7 Å². The molecule has 4 rings (SSSR count). The molecular weight excluding hydrogens is 464 g/mol. The van der Waals surface area contributed by atoms with Crippen LogP contribution in [0.3, 0.4) is 0 Å². The van der Waals surface area contributed by atoms with Crippen LogP contribution in [0.2, 0.25) is 5.02 Å². The van der Waals surface area contributed by atoms with Gasteiger partial charge in [-0.05, 0) is 49.6 Å². The predicted octanol–water partition coefficient (Wildman–Crippen LogP) is 4.54. The minimum absolute atomic E-state index is 0.156. The van der Waals surface area contributed by atoms with Crippen molar-refractivity contribution in [1.82, 2.24) is 24.5 Å². The number of sulfonamides is 1. The highest BCUT2D eigenvalue weighted by Crippen LogP contribution is 2.27. The first-order chi connectivity index (χ1) is 15.2. The summed E-state index contributed by atoms with van der Waals surface area (Å²) in [6.07, 6.45) is 1.81. The number of ether oxygens (including phenoxy) is 1. The lowest BCUT2D eigenvalue weighted by Crippen LogP contribution is -2.29. The van der Waals surface area contributed by atoms with E-state index in [9.17, 15) is 17.2 Å². The second kappa shape index (κ2) is 8.49. The Morgan fingerprint density at radius 3 is 2.72 bits per heavy atom. The number of hydrogen-bond acceptors (Lipinski definition) is 5. The van der Waals surface area contributed by atoms with Gasteiger partial charge in [0.1, 0.15) is 22.3 Å². The number of aromatic nitrogens is 4. The van der Waals surface area contributed by atoms with E-state index in [0.29, 0.717) is 24.4 Å². The van der Waals surface area contributed by atoms with Crippen LogP contribution >= 0.6 is 11.6 Å². The van der Waals surface area contributed by atoms with Crippen LogP contribution in [0.15, 0.2) is 47.5 Å². The van der Waals surface area contributed by atoms with Crippen LogP contribution in [0.25, 0.3) is 10.9 Å². The minimum Gasteiger partial charge on any atom is -0.424 e. The van der Waals surface area contributed by atoms with Crippen molar-refractivity contribution in [2.24, 2.45) is 0 Å². The highest BCUT2D eigenvalue weighted by molar-refractivity contribution is 7.89. The lowest BCUT2D eigenvalue weighted by atomic mass is 10.2. The molecule has 1 atom stereocenters. The van der Waals surface area contributed by atoms with Gasteiger partial charge in [0, 0.05) is 24.3 Å². The molecule has 168 valence electrons. The number of H-pyrrole nitrogens is 1. The number of aromatic amines is 1. The molecule has 0 aliphatic rings. The molecule has 4 aromatic rings. The van der Waals surface area contributed by atoms with Crippen molar-refractivity contribution in [3.05, 3.63) is 65.1 Å². The van der Waals surface area contributed by atoms with Gasteiger partial charge in [-0.15, -0.1) is 5.10 Å². The molecule has 0 aliphatic carbocycles. The third kappa shape index (κ3) is 4.18. The first-order valence-electron chi connectivity index (χ1n) is 9.54. The highest BCUT2D eigenvalue weighted by Gasteiger charge is 2.27. The Bertz CT molecular complexity index is 1400. The van der Waals surface area contributed by atoms with E-state index in [1.807, 2.05) is 25.3 Å². The molecule has 0 spiro atoms. The topological polar surface area (TPSA) is 102 Å². The zero-order valence-corrected chi connectivity index (χ0v) is 18.5. The lowest BCUT2D eigenvalue weighted by Gasteiger charge is -2.16. The van der Waals surface area contributed by atoms with Gasteiger partial charge >= 0.3 is 6.01 Å². The summed E-state index contributed by atoms with van der Waals surface area (Å²) in [5.74, 6) is -1.47. The summed E-state index contributed by atoms with van der Waals surface area (Å²) in [6, 6.07) is 7.75. The fraction of sp³-hybridized carbons (Fsp3) is 0.200. The molecule has 32 heavy (non-hydrogen) atoms. The van der Waals surface area contributed by atoms with E-state index in [-0.39, 0.29) is 11.8 Å². The summed E-state index contributed by atoms with van der Waals surface area (Å²) >= 11 is 5.50. The molecule has 0 fully saturated rings. The first kappa shape index (κ1) is 22.2. The van der Waals surface area contributed by atoms with E-state index in [1.54, 1.807) is 16.7 Å². The second-order valence-corrected chi connectivity index (χ2v) is 9.04. The van der Waals surface area contributed by atoms with Crippen LogP contribution < -0.4 is 9.46 Å². The van der Waals surface area contributed by atoms with Crippen LogP contribution in [0.1, 0.15) is 25.7 Å². The summed E-state index contributed by atoms with van der Waals surface area (Å²) in [7, 11) is -4.42. The zero-order valence-electron chi connectivity index (χ0n) is 16.9. The van der Waals surface area contributed by atoms with Crippen molar-refractivity contribution >= 4 is 32.5 Å². The number of halogens is 3. The summed E-state index contributed by atoms with van der Waals surface area (Å²) in [4.78, 5) is 2.23. The SMILES string of the molecule is CCn1c(Oc2ccc3cc[nH]c3c2)nnc1[C@@H](C)NS(=O)(=O)c1cc(F)c(Cl)cc1F. The fourth-order valence-corrected chi connectivity index (χ4v) is 4.67. The number of nitrogens with one attached hydrogen (secondary N) is 2. The van der Waals surface area contributed by atoms with Gasteiger partial charge in [-0.25, -0.2) is 21.9 Å². The molecule has 0 radical (unpaired) electrons. The second-order valence-electron chi connectivity index (χ2n) is 6.95. The van der Waals surface area contributed by atoms with E-state index in [4.69, 9.17) is 16.3 Å². The molecule has 0 saturated carbocycles. The molecule has 8 nitrogen and oxygen atoms in total. The molecule has 12 heteroatoms.